The second-order valence-corrected chi connectivity index (χ2v) is 6.85. The molecule has 154 valence electrons. The molecule has 2 amide bonds. The Bertz CT molecular complexity index is 1170. The van der Waals surface area contributed by atoms with E-state index in [4.69, 9.17) is 0 Å². The average Bonchev–Trinajstić information content (AvgIpc) is 2.70. The van der Waals surface area contributed by atoms with Crippen LogP contribution >= 0.6 is 0 Å². The molecule has 0 radical (unpaired) electrons. The molecule has 0 fully saturated rings. The first kappa shape index (κ1) is 20.9. The summed E-state index contributed by atoms with van der Waals surface area (Å²) < 4.78 is 15.4. The molecule has 2 aromatic carbocycles. The summed E-state index contributed by atoms with van der Waals surface area (Å²) in [6, 6.07) is 14.2. The van der Waals surface area contributed by atoms with Gasteiger partial charge in [0.15, 0.2) is 5.69 Å². The van der Waals surface area contributed by atoms with Gasteiger partial charge in [-0.05, 0) is 30.7 Å². The molecule has 30 heavy (non-hydrogen) atoms. The summed E-state index contributed by atoms with van der Waals surface area (Å²) in [5.74, 6) is -1.37. The number of hydrogen-bond acceptors (Lipinski definition) is 4. The highest BCUT2D eigenvalue weighted by molar-refractivity contribution is 6.03. The van der Waals surface area contributed by atoms with Crippen LogP contribution in [0.25, 0.3) is 5.69 Å². The van der Waals surface area contributed by atoms with Gasteiger partial charge in [-0.15, -0.1) is 0 Å². The normalized spacial score (nSPS) is 10.5. The van der Waals surface area contributed by atoms with E-state index in [0.717, 1.165) is 0 Å². The maximum Gasteiger partial charge on any atom is 0.280 e. The lowest BCUT2D eigenvalue weighted by Crippen LogP contribution is -2.28. The molecule has 0 unspecified atom stereocenters. The number of anilines is 1. The van der Waals surface area contributed by atoms with Gasteiger partial charge < -0.3 is 10.2 Å². The standard InChI is InChI=1S/C22H21FN4O3/c1-14-12-20(29)21(25-27(14)19-11-7-5-9-17(19)23)22(30)24-18-10-6-4-8-16(18)13-26(3)15(2)28/h4-12H,13H2,1-3H3,(H,24,30). The molecule has 0 spiro atoms. The number of nitrogens with one attached hydrogen (secondary N) is 1. The molecule has 0 aliphatic rings. The van der Waals surface area contributed by atoms with Crippen molar-refractivity contribution >= 4 is 17.5 Å². The van der Waals surface area contributed by atoms with Crippen molar-refractivity contribution in [2.75, 3.05) is 12.4 Å². The van der Waals surface area contributed by atoms with Crippen LogP contribution in [0.1, 0.15) is 28.7 Å². The fourth-order valence-electron chi connectivity index (χ4n) is 2.90. The Balaban J connectivity index is 1.96. The highest BCUT2D eigenvalue weighted by Gasteiger charge is 2.18. The summed E-state index contributed by atoms with van der Waals surface area (Å²) >= 11 is 0. The summed E-state index contributed by atoms with van der Waals surface area (Å²) in [6.45, 7) is 3.34. The van der Waals surface area contributed by atoms with Crippen LogP contribution in [0.2, 0.25) is 0 Å². The van der Waals surface area contributed by atoms with Gasteiger partial charge in [0, 0.05) is 38.0 Å². The lowest BCUT2D eigenvalue weighted by atomic mass is 10.1. The maximum atomic E-state index is 14.2. The SMILES string of the molecule is CC(=O)N(C)Cc1ccccc1NC(=O)c1nn(-c2ccccc2F)c(C)cc1=O. The van der Waals surface area contributed by atoms with E-state index in [1.807, 2.05) is 0 Å². The number of benzene rings is 2. The number of aryl methyl sites for hydroxylation is 1. The molecule has 1 aromatic heterocycles. The van der Waals surface area contributed by atoms with Gasteiger partial charge in [0.1, 0.15) is 11.5 Å². The summed E-state index contributed by atoms with van der Waals surface area (Å²) in [5, 5.41) is 6.78. The first-order valence-corrected chi connectivity index (χ1v) is 9.24. The largest absolute Gasteiger partial charge is 0.342 e. The zero-order valence-corrected chi connectivity index (χ0v) is 16.8. The Morgan fingerprint density at radius 1 is 1.13 bits per heavy atom. The number of hydrogen-bond donors (Lipinski definition) is 1. The smallest absolute Gasteiger partial charge is 0.280 e. The lowest BCUT2D eigenvalue weighted by Gasteiger charge is -2.18. The summed E-state index contributed by atoms with van der Waals surface area (Å²) in [5.41, 5.74) is 0.743. The third kappa shape index (κ3) is 4.43. The Morgan fingerprint density at radius 3 is 2.50 bits per heavy atom. The van der Waals surface area contributed by atoms with Crippen molar-refractivity contribution in [3.63, 3.8) is 0 Å². The molecule has 0 bridgehead atoms. The maximum absolute atomic E-state index is 14.2. The van der Waals surface area contributed by atoms with Gasteiger partial charge >= 0.3 is 0 Å². The van der Waals surface area contributed by atoms with Crippen molar-refractivity contribution in [3.8, 4) is 5.69 Å². The fourth-order valence-corrected chi connectivity index (χ4v) is 2.90. The molecule has 8 heteroatoms. The van der Waals surface area contributed by atoms with E-state index >= 15 is 0 Å². The highest BCUT2D eigenvalue weighted by atomic mass is 19.1. The van der Waals surface area contributed by atoms with Crippen LogP contribution in [0, 0.1) is 12.7 Å². The van der Waals surface area contributed by atoms with Gasteiger partial charge in [0.25, 0.3) is 5.91 Å². The van der Waals surface area contributed by atoms with Crippen LogP contribution in [0.5, 0.6) is 0 Å². The number of para-hydroxylation sites is 2. The number of carbonyl (C=O) groups is 2. The van der Waals surface area contributed by atoms with Crippen LogP contribution in [-0.2, 0) is 11.3 Å². The number of halogens is 1. The zero-order chi connectivity index (χ0) is 21.8. The molecule has 1 heterocycles. The number of rotatable bonds is 5. The predicted molar refractivity (Wildman–Crippen MR) is 111 cm³/mol. The van der Waals surface area contributed by atoms with E-state index in [1.54, 1.807) is 50.4 Å². The lowest BCUT2D eigenvalue weighted by molar-refractivity contribution is -0.128. The number of nitrogens with zero attached hydrogens (tertiary/aromatic N) is 3. The van der Waals surface area contributed by atoms with E-state index < -0.39 is 17.2 Å². The van der Waals surface area contributed by atoms with Crippen molar-refractivity contribution in [2.45, 2.75) is 20.4 Å². The number of carbonyl (C=O) groups excluding carboxylic acids is 2. The number of amides is 2. The van der Waals surface area contributed by atoms with Crippen molar-refractivity contribution in [2.24, 2.45) is 0 Å². The van der Waals surface area contributed by atoms with E-state index in [1.165, 1.54) is 34.7 Å². The van der Waals surface area contributed by atoms with Crippen LogP contribution in [-0.4, -0.2) is 33.5 Å². The third-order valence-electron chi connectivity index (χ3n) is 4.61. The highest BCUT2D eigenvalue weighted by Crippen LogP contribution is 2.18. The summed E-state index contributed by atoms with van der Waals surface area (Å²) in [7, 11) is 1.65. The minimum Gasteiger partial charge on any atom is -0.342 e. The first-order chi connectivity index (χ1) is 14.3. The molecule has 0 saturated heterocycles. The molecule has 3 aromatic rings. The second kappa shape index (κ2) is 8.69. The van der Waals surface area contributed by atoms with E-state index in [-0.39, 0.29) is 23.8 Å². The topological polar surface area (TPSA) is 84.3 Å². The molecule has 7 nitrogen and oxygen atoms in total. The molecule has 3 rings (SSSR count). The van der Waals surface area contributed by atoms with E-state index in [0.29, 0.717) is 16.9 Å². The monoisotopic (exact) mass is 408 g/mol. The average molecular weight is 408 g/mol. The Morgan fingerprint density at radius 2 is 1.80 bits per heavy atom. The molecule has 0 aliphatic carbocycles. The second-order valence-electron chi connectivity index (χ2n) is 6.85. The fraction of sp³-hybridized carbons (Fsp3) is 0.182. The number of aromatic nitrogens is 2. The van der Waals surface area contributed by atoms with Crippen LogP contribution in [0.3, 0.4) is 0 Å². The van der Waals surface area contributed by atoms with Gasteiger partial charge in [-0.3, -0.25) is 14.4 Å². The molecule has 1 N–H and O–H groups in total. The Hall–Kier alpha value is -3.81. The van der Waals surface area contributed by atoms with Gasteiger partial charge in [-0.2, -0.15) is 5.10 Å². The molecular weight excluding hydrogens is 387 g/mol. The van der Waals surface area contributed by atoms with E-state index in [2.05, 4.69) is 10.4 Å². The van der Waals surface area contributed by atoms with Gasteiger partial charge in [0.05, 0.1) is 0 Å². The quantitative estimate of drug-likeness (QED) is 0.704. The zero-order valence-electron chi connectivity index (χ0n) is 16.8. The minimum atomic E-state index is -0.719. The third-order valence-corrected chi connectivity index (χ3v) is 4.61. The van der Waals surface area contributed by atoms with Crippen LogP contribution in [0.4, 0.5) is 10.1 Å². The van der Waals surface area contributed by atoms with Crippen LogP contribution in [0.15, 0.2) is 59.4 Å². The molecule has 0 aliphatic heterocycles. The summed E-state index contributed by atoms with van der Waals surface area (Å²) in [4.78, 5) is 38.3. The first-order valence-electron chi connectivity index (χ1n) is 9.24. The molecule has 0 saturated carbocycles. The van der Waals surface area contributed by atoms with Crippen molar-refractivity contribution in [1.29, 1.82) is 0 Å². The van der Waals surface area contributed by atoms with Crippen molar-refractivity contribution in [1.82, 2.24) is 14.7 Å². The Kier molecular flexibility index (Phi) is 6.06. The van der Waals surface area contributed by atoms with Crippen LogP contribution < -0.4 is 10.7 Å². The predicted octanol–water partition coefficient (Wildman–Crippen LogP) is 2.91. The van der Waals surface area contributed by atoms with Gasteiger partial charge in [-0.25, -0.2) is 9.07 Å². The summed E-state index contributed by atoms with van der Waals surface area (Å²) in [6.07, 6.45) is 0. The van der Waals surface area contributed by atoms with Gasteiger partial charge in [-0.1, -0.05) is 30.3 Å². The van der Waals surface area contributed by atoms with Gasteiger partial charge in [0.2, 0.25) is 11.3 Å². The van der Waals surface area contributed by atoms with E-state index in [9.17, 15) is 18.8 Å². The molecule has 0 atom stereocenters. The van der Waals surface area contributed by atoms with Crippen molar-refractivity contribution < 1.29 is 14.0 Å². The molecular formula is C22H21FN4O3. The van der Waals surface area contributed by atoms with Crippen molar-refractivity contribution in [3.05, 3.63) is 87.6 Å². The Labute approximate surface area is 172 Å². The minimum absolute atomic E-state index is 0.121.